The lowest BCUT2D eigenvalue weighted by atomic mass is 9.89. The van der Waals surface area contributed by atoms with E-state index in [0.717, 1.165) is 0 Å². The molecule has 1 unspecified atom stereocenters. The maximum atomic E-state index is 12.6. The minimum atomic E-state index is -2.53. The second kappa shape index (κ2) is 4.16. The Morgan fingerprint density at radius 1 is 1.50 bits per heavy atom. The molecular weight excluding hydrogens is 216 g/mol. The molecule has 0 aromatic rings. The average Bonchev–Trinajstić information content (AvgIpc) is 2.14. The van der Waals surface area contributed by atoms with Crippen LogP contribution in [0.2, 0.25) is 0 Å². The lowest BCUT2D eigenvalue weighted by Crippen LogP contribution is -2.49. The Bertz CT molecular complexity index is 288. The maximum Gasteiger partial charge on any atom is 0.252 e. The van der Waals surface area contributed by atoms with Gasteiger partial charge in [0.2, 0.25) is 0 Å². The quantitative estimate of drug-likeness (QED) is 0.539. The van der Waals surface area contributed by atoms with Gasteiger partial charge in [0, 0.05) is 25.9 Å². The van der Waals surface area contributed by atoms with Crippen molar-refractivity contribution in [1.82, 2.24) is 4.90 Å². The van der Waals surface area contributed by atoms with Gasteiger partial charge in [-0.3, -0.25) is 0 Å². The molecule has 6 heteroatoms. The van der Waals surface area contributed by atoms with Crippen molar-refractivity contribution < 1.29 is 13.5 Å². The molecule has 0 aromatic carbocycles. The maximum absolute atomic E-state index is 12.6. The lowest BCUT2D eigenvalue weighted by Gasteiger charge is -2.35. The Morgan fingerprint density at radius 3 is 2.75 bits per heavy atom. The molecule has 2 fully saturated rings. The molecule has 16 heavy (non-hydrogen) atoms. The highest BCUT2D eigenvalue weighted by molar-refractivity contribution is 5.78. The second-order valence-electron chi connectivity index (χ2n) is 4.53. The van der Waals surface area contributed by atoms with Crippen molar-refractivity contribution in [2.75, 3.05) is 19.7 Å². The number of halogens is 2. The third-order valence-corrected chi connectivity index (χ3v) is 2.95. The molecule has 1 aliphatic heterocycles. The second-order valence-corrected chi connectivity index (χ2v) is 4.53. The Kier molecular flexibility index (Phi) is 3.01. The molecule has 1 saturated carbocycles. The Hall–Kier alpha value is -0.910. The normalized spacial score (nSPS) is 31.3. The summed E-state index contributed by atoms with van der Waals surface area (Å²) in [5.74, 6) is -2.16. The van der Waals surface area contributed by atoms with Crippen molar-refractivity contribution >= 4 is 5.96 Å². The van der Waals surface area contributed by atoms with Crippen LogP contribution >= 0.6 is 0 Å². The van der Waals surface area contributed by atoms with E-state index in [-0.39, 0.29) is 25.0 Å². The monoisotopic (exact) mass is 233 g/mol. The van der Waals surface area contributed by atoms with Crippen molar-refractivity contribution in [3.8, 4) is 0 Å². The van der Waals surface area contributed by atoms with Gasteiger partial charge in [-0.2, -0.15) is 0 Å². The smallest absolute Gasteiger partial charge is 0.252 e. The Labute approximate surface area is 93.5 Å². The van der Waals surface area contributed by atoms with Gasteiger partial charge in [-0.05, 0) is 6.92 Å². The molecule has 1 saturated heterocycles. The molecule has 1 atom stereocenters. The summed E-state index contributed by atoms with van der Waals surface area (Å²) in [5.41, 5.74) is 5.79. The third-order valence-electron chi connectivity index (χ3n) is 2.95. The number of hydrogen-bond acceptors (Lipinski definition) is 2. The number of rotatable bonds is 1. The summed E-state index contributed by atoms with van der Waals surface area (Å²) < 4.78 is 30.6. The Balaban J connectivity index is 1.87. The van der Waals surface area contributed by atoms with Crippen LogP contribution in [0.4, 0.5) is 8.78 Å². The van der Waals surface area contributed by atoms with Gasteiger partial charge in [0.15, 0.2) is 5.96 Å². The van der Waals surface area contributed by atoms with Crippen molar-refractivity contribution in [3.63, 3.8) is 0 Å². The summed E-state index contributed by atoms with van der Waals surface area (Å²) in [6.07, 6.45) is -0.230. The number of alkyl halides is 2. The van der Waals surface area contributed by atoms with Gasteiger partial charge in [-0.25, -0.2) is 13.8 Å². The SMILES string of the molecule is CC1CN(C(N)=NC2CC(F)(F)C2)CCO1. The fraction of sp³-hybridized carbons (Fsp3) is 0.900. The molecular formula is C10H17F2N3O. The summed E-state index contributed by atoms with van der Waals surface area (Å²) in [5, 5.41) is 0. The van der Waals surface area contributed by atoms with E-state index in [4.69, 9.17) is 10.5 Å². The van der Waals surface area contributed by atoms with Crippen molar-refractivity contribution in [1.29, 1.82) is 0 Å². The average molecular weight is 233 g/mol. The highest BCUT2D eigenvalue weighted by Crippen LogP contribution is 2.39. The molecule has 0 radical (unpaired) electrons. The first-order valence-electron chi connectivity index (χ1n) is 5.54. The minimum Gasteiger partial charge on any atom is -0.375 e. The van der Waals surface area contributed by atoms with E-state index in [1.54, 1.807) is 0 Å². The van der Waals surface area contributed by atoms with Crippen LogP contribution in [0.15, 0.2) is 4.99 Å². The standard InChI is InChI=1S/C10H17F2N3O/c1-7-6-15(2-3-16-7)9(13)14-8-4-10(11,12)5-8/h7-8H,2-6H2,1H3,(H2,13,14). The van der Waals surface area contributed by atoms with Gasteiger partial charge in [0.05, 0.1) is 18.8 Å². The van der Waals surface area contributed by atoms with Crippen LogP contribution in [-0.4, -0.2) is 48.6 Å². The van der Waals surface area contributed by atoms with E-state index in [1.807, 2.05) is 11.8 Å². The summed E-state index contributed by atoms with van der Waals surface area (Å²) >= 11 is 0. The van der Waals surface area contributed by atoms with Gasteiger partial charge >= 0.3 is 0 Å². The molecule has 4 nitrogen and oxygen atoms in total. The zero-order valence-corrected chi connectivity index (χ0v) is 9.33. The van der Waals surface area contributed by atoms with E-state index in [2.05, 4.69) is 4.99 Å². The largest absolute Gasteiger partial charge is 0.375 e. The van der Waals surface area contributed by atoms with Gasteiger partial charge in [0.25, 0.3) is 5.92 Å². The molecule has 2 N–H and O–H groups in total. The van der Waals surface area contributed by atoms with Gasteiger partial charge in [0.1, 0.15) is 0 Å². The zero-order valence-electron chi connectivity index (χ0n) is 9.33. The fourth-order valence-electron chi connectivity index (χ4n) is 2.02. The first-order chi connectivity index (χ1) is 7.46. The van der Waals surface area contributed by atoms with Crippen LogP contribution in [-0.2, 0) is 4.74 Å². The zero-order chi connectivity index (χ0) is 11.8. The highest BCUT2D eigenvalue weighted by atomic mass is 19.3. The summed E-state index contributed by atoms with van der Waals surface area (Å²) in [6, 6.07) is -0.312. The molecule has 2 rings (SSSR count). The van der Waals surface area contributed by atoms with Gasteiger partial charge in [-0.15, -0.1) is 0 Å². The number of nitrogens with zero attached hydrogens (tertiary/aromatic N) is 2. The number of guanidine groups is 1. The highest BCUT2D eigenvalue weighted by Gasteiger charge is 2.45. The number of aliphatic imine (C=N–C) groups is 1. The van der Waals surface area contributed by atoms with Crippen molar-refractivity contribution in [2.24, 2.45) is 10.7 Å². The predicted octanol–water partition coefficient (Wildman–Crippen LogP) is 0.820. The van der Waals surface area contributed by atoms with Crippen LogP contribution in [0.25, 0.3) is 0 Å². The summed E-state index contributed by atoms with van der Waals surface area (Å²) in [6.45, 7) is 3.93. The van der Waals surface area contributed by atoms with Crippen LogP contribution in [0, 0.1) is 0 Å². The lowest BCUT2D eigenvalue weighted by molar-refractivity contribution is -0.0838. The third kappa shape index (κ3) is 2.61. The molecule has 1 heterocycles. The molecule has 92 valence electrons. The van der Waals surface area contributed by atoms with E-state index < -0.39 is 5.92 Å². The molecule has 0 amide bonds. The molecule has 1 aliphatic carbocycles. The van der Waals surface area contributed by atoms with Gasteiger partial charge in [-0.1, -0.05) is 0 Å². The first-order valence-corrected chi connectivity index (χ1v) is 5.54. The number of nitrogens with two attached hydrogens (primary N) is 1. The summed E-state index contributed by atoms with van der Waals surface area (Å²) in [7, 11) is 0. The van der Waals surface area contributed by atoms with Crippen LogP contribution in [0.1, 0.15) is 19.8 Å². The van der Waals surface area contributed by atoms with E-state index in [9.17, 15) is 8.78 Å². The minimum absolute atomic E-state index is 0.116. The van der Waals surface area contributed by atoms with Crippen LogP contribution in [0.3, 0.4) is 0 Å². The van der Waals surface area contributed by atoms with Crippen LogP contribution < -0.4 is 5.73 Å². The number of morpholine rings is 1. The summed E-state index contributed by atoms with van der Waals surface area (Å²) in [4.78, 5) is 6.01. The van der Waals surface area contributed by atoms with Crippen molar-refractivity contribution in [3.05, 3.63) is 0 Å². The Morgan fingerprint density at radius 2 is 2.19 bits per heavy atom. The fourth-order valence-corrected chi connectivity index (χ4v) is 2.02. The molecule has 0 bridgehead atoms. The molecule has 2 aliphatic rings. The van der Waals surface area contributed by atoms with Gasteiger partial charge < -0.3 is 15.4 Å². The predicted molar refractivity (Wildman–Crippen MR) is 56.6 cm³/mol. The molecule has 0 aromatic heterocycles. The van der Waals surface area contributed by atoms with E-state index in [1.165, 1.54) is 0 Å². The number of hydrogen-bond donors (Lipinski definition) is 1. The van der Waals surface area contributed by atoms with E-state index in [0.29, 0.717) is 25.7 Å². The topological polar surface area (TPSA) is 50.8 Å². The van der Waals surface area contributed by atoms with E-state index >= 15 is 0 Å². The molecule has 0 spiro atoms. The van der Waals surface area contributed by atoms with Crippen molar-refractivity contribution in [2.45, 2.75) is 37.8 Å². The number of ether oxygens (including phenoxy) is 1. The first kappa shape index (κ1) is 11.6. The van der Waals surface area contributed by atoms with Crippen LogP contribution in [0.5, 0.6) is 0 Å².